The number of carboxylic acids is 1. The van der Waals surface area contributed by atoms with Crippen molar-refractivity contribution in [2.45, 2.75) is 51.7 Å². The minimum Gasteiger partial charge on any atom is -0.494 e. The zero-order chi connectivity index (χ0) is 35.1. The smallest absolute Gasteiger partial charge is 0.343 e. The van der Waals surface area contributed by atoms with Crippen molar-refractivity contribution >= 4 is 11.9 Å². The first-order chi connectivity index (χ1) is 24.4. The molecule has 4 aromatic rings. The van der Waals surface area contributed by atoms with E-state index < -0.39 is 11.9 Å². The summed E-state index contributed by atoms with van der Waals surface area (Å²) in [6, 6.07) is 26.4. The number of ether oxygens (including phenoxy) is 7. The van der Waals surface area contributed by atoms with Gasteiger partial charge in [-0.1, -0.05) is 38.8 Å². The van der Waals surface area contributed by atoms with Gasteiger partial charge in [0, 0.05) is 0 Å². The van der Waals surface area contributed by atoms with Gasteiger partial charge in [0.25, 0.3) is 0 Å². The van der Waals surface area contributed by atoms with Crippen molar-refractivity contribution < 1.29 is 47.9 Å². The SMILES string of the molecule is CCCCOc1ccc(C(=O)O)c(-c2ccc(OCC3CO3)cc2)c1.CCCCOc1ccc(C(=O)Oc2ccc(OCC3CO3)cc2)cc1. The molecule has 0 amide bonds. The van der Waals surface area contributed by atoms with Gasteiger partial charge in [-0.15, -0.1) is 0 Å². The van der Waals surface area contributed by atoms with Crippen LogP contribution < -0.4 is 23.7 Å². The van der Waals surface area contributed by atoms with Gasteiger partial charge in [-0.3, -0.25) is 0 Å². The summed E-state index contributed by atoms with van der Waals surface area (Å²) in [6.07, 6.45) is 4.53. The van der Waals surface area contributed by atoms with Gasteiger partial charge in [-0.05, 0) is 103 Å². The molecule has 0 radical (unpaired) electrons. The number of carboxylic acid groups (broad SMARTS) is 1. The predicted molar refractivity (Wildman–Crippen MR) is 188 cm³/mol. The van der Waals surface area contributed by atoms with E-state index in [0.29, 0.717) is 49.1 Å². The Morgan fingerprint density at radius 1 is 0.640 bits per heavy atom. The Morgan fingerprint density at radius 3 is 1.62 bits per heavy atom. The standard InChI is InChI=1S/2C20H22O5/c1-2-3-12-22-16-6-4-15(5-7-16)20(21)25-18-10-8-17(9-11-18)23-13-19-14-24-19;1-2-3-10-23-16-8-9-18(20(21)22)19(11-16)14-4-6-15(7-5-14)24-12-17-13-25-17/h4-11,19H,2-3,12-14H2,1H3;4-9,11,17H,2-3,10,12-13H2,1H3,(H,21,22). The Bertz CT molecular complexity index is 1640. The van der Waals surface area contributed by atoms with E-state index >= 15 is 0 Å². The minimum atomic E-state index is -0.957. The average molecular weight is 685 g/mol. The fourth-order valence-electron chi connectivity index (χ4n) is 4.60. The van der Waals surface area contributed by atoms with Crippen LogP contribution in [-0.2, 0) is 9.47 Å². The lowest BCUT2D eigenvalue weighted by atomic mass is 9.99. The molecule has 2 saturated heterocycles. The molecular weight excluding hydrogens is 640 g/mol. The van der Waals surface area contributed by atoms with Crippen molar-refractivity contribution in [3.8, 4) is 39.9 Å². The van der Waals surface area contributed by atoms with Gasteiger partial charge >= 0.3 is 11.9 Å². The van der Waals surface area contributed by atoms with Gasteiger partial charge < -0.3 is 38.3 Å². The predicted octanol–water partition coefficient (Wildman–Crippen LogP) is 7.87. The van der Waals surface area contributed by atoms with Gasteiger partial charge in [0.15, 0.2) is 0 Å². The number of aromatic carboxylic acids is 1. The summed E-state index contributed by atoms with van der Waals surface area (Å²) in [5, 5.41) is 9.46. The van der Waals surface area contributed by atoms with E-state index in [0.717, 1.165) is 61.7 Å². The van der Waals surface area contributed by atoms with Crippen LogP contribution in [0, 0.1) is 0 Å². The molecule has 6 rings (SSSR count). The largest absolute Gasteiger partial charge is 0.494 e. The van der Waals surface area contributed by atoms with Crippen LogP contribution in [0.3, 0.4) is 0 Å². The molecule has 1 N–H and O–H groups in total. The number of esters is 1. The Balaban J connectivity index is 0.000000194. The van der Waals surface area contributed by atoms with E-state index in [9.17, 15) is 14.7 Å². The van der Waals surface area contributed by atoms with E-state index in [-0.39, 0.29) is 17.8 Å². The fraction of sp³-hybridized carbons (Fsp3) is 0.350. The zero-order valence-electron chi connectivity index (χ0n) is 28.5. The second kappa shape index (κ2) is 18.6. The highest BCUT2D eigenvalue weighted by molar-refractivity contribution is 5.96. The number of benzene rings is 4. The molecule has 2 heterocycles. The van der Waals surface area contributed by atoms with Crippen molar-refractivity contribution in [3.05, 3.63) is 102 Å². The lowest BCUT2D eigenvalue weighted by molar-refractivity contribution is 0.0695. The molecule has 4 aromatic carbocycles. The van der Waals surface area contributed by atoms with Gasteiger partial charge in [0.05, 0.1) is 37.6 Å². The summed E-state index contributed by atoms with van der Waals surface area (Å²) in [5.41, 5.74) is 2.18. The van der Waals surface area contributed by atoms with Crippen molar-refractivity contribution in [2.24, 2.45) is 0 Å². The van der Waals surface area contributed by atoms with Crippen molar-refractivity contribution in [3.63, 3.8) is 0 Å². The fourth-order valence-corrected chi connectivity index (χ4v) is 4.60. The first kappa shape index (κ1) is 36.2. The average Bonchev–Trinajstić information content (AvgIpc) is 4.08. The van der Waals surface area contributed by atoms with Crippen LogP contribution in [0.5, 0.6) is 28.7 Å². The van der Waals surface area contributed by atoms with Gasteiger partial charge in [0.2, 0.25) is 0 Å². The van der Waals surface area contributed by atoms with Crippen LogP contribution in [0.25, 0.3) is 11.1 Å². The molecule has 0 aromatic heterocycles. The maximum atomic E-state index is 12.2. The first-order valence-corrected chi connectivity index (χ1v) is 17.1. The van der Waals surface area contributed by atoms with E-state index in [4.69, 9.17) is 33.2 Å². The highest BCUT2D eigenvalue weighted by Crippen LogP contribution is 2.30. The molecule has 0 spiro atoms. The number of epoxide rings is 2. The summed E-state index contributed by atoms with van der Waals surface area (Å²) in [6.45, 7) is 8.12. The van der Waals surface area contributed by atoms with Crippen molar-refractivity contribution in [1.29, 1.82) is 0 Å². The van der Waals surface area contributed by atoms with Crippen LogP contribution in [-0.4, -0.2) is 68.9 Å². The Kier molecular flexibility index (Phi) is 13.5. The van der Waals surface area contributed by atoms with Crippen LogP contribution in [0.2, 0.25) is 0 Å². The molecule has 50 heavy (non-hydrogen) atoms. The minimum absolute atomic E-state index is 0.204. The molecule has 2 aliphatic rings. The van der Waals surface area contributed by atoms with E-state index in [1.54, 1.807) is 66.7 Å². The summed E-state index contributed by atoms with van der Waals surface area (Å²) in [4.78, 5) is 23.7. The molecule has 2 unspecified atom stereocenters. The summed E-state index contributed by atoms with van der Waals surface area (Å²) >= 11 is 0. The van der Waals surface area contributed by atoms with Crippen LogP contribution in [0.4, 0.5) is 0 Å². The third-order valence-electron chi connectivity index (χ3n) is 7.72. The van der Waals surface area contributed by atoms with E-state index in [1.165, 1.54) is 0 Å². The number of carbonyl (C=O) groups is 2. The van der Waals surface area contributed by atoms with E-state index in [2.05, 4.69) is 13.8 Å². The van der Waals surface area contributed by atoms with Crippen molar-refractivity contribution in [2.75, 3.05) is 39.6 Å². The lowest BCUT2D eigenvalue weighted by Gasteiger charge is -2.11. The molecule has 0 saturated carbocycles. The van der Waals surface area contributed by atoms with Gasteiger partial charge in [-0.25, -0.2) is 9.59 Å². The highest BCUT2D eigenvalue weighted by atomic mass is 16.6. The Labute approximate surface area is 292 Å². The van der Waals surface area contributed by atoms with Crippen LogP contribution >= 0.6 is 0 Å². The Morgan fingerprint density at radius 2 is 1.10 bits per heavy atom. The molecule has 10 heteroatoms. The molecule has 264 valence electrons. The second-order valence-electron chi connectivity index (χ2n) is 11.9. The van der Waals surface area contributed by atoms with E-state index in [1.807, 2.05) is 24.3 Å². The Hall–Kier alpha value is -5.06. The quantitative estimate of drug-likeness (QED) is 0.0479. The monoisotopic (exact) mass is 684 g/mol. The second-order valence-corrected chi connectivity index (χ2v) is 11.9. The number of carbonyl (C=O) groups excluding carboxylic acids is 1. The summed E-state index contributed by atoms with van der Waals surface area (Å²) < 4.78 is 38.0. The summed E-state index contributed by atoms with van der Waals surface area (Å²) in [7, 11) is 0. The molecule has 0 bridgehead atoms. The highest BCUT2D eigenvalue weighted by Gasteiger charge is 2.24. The summed E-state index contributed by atoms with van der Waals surface area (Å²) in [5.74, 6) is 2.02. The molecule has 2 fully saturated rings. The van der Waals surface area contributed by atoms with Crippen molar-refractivity contribution in [1.82, 2.24) is 0 Å². The maximum Gasteiger partial charge on any atom is 0.343 e. The van der Waals surface area contributed by atoms with Crippen LogP contribution in [0.15, 0.2) is 91.0 Å². The molecule has 0 aliphatic carbocycles. The topological polar surface area (TPSA) is 126 Å². The lowest BCUT2D eigenvalue weighted by Crippen LogP contribution is -2.08. The normalized spacial score (nSPS) is 15.6. The third kappa shape index (κ3) is 11.8. The third-order valence-corrected chi connectivity index (χ3v) is 7.72. The maximum absolute atomic E-state index is 12.2. The van der Waals surface area contributed by atoms with Gasteiger partial charge in [0.1, 0.15) is 54.2 Å². The molecule has 2 aliphatic heterocycles. The zero-order valence-corrected chi connectivity index (χ0v) is 28.5. The number of hydrogen-bond donors (Lipinski definition) is 1. The number of unbranched alkanes of at least 4 members (excludes halogenated alkanes) is 2. The molecule has 10 nitrogen and oxygen atoms in total. The van der Waals surface area contributed by atoms with Crippen LogP contribution in [0.1, 0.15) is 60.2 Å². The number of hydrogen-bond acceptors (Lipinski definition) is 9. The number of rotatable bonds is 18. The first-order valence-electron chi connectivity index (χ1n) is 17.1. The molecular formula is C40H44O10. The van der Waals surface area contributed by atoms with Gasteiger partial charge in [-0.2, -0.15) is 0 Å². The molecule has 2 atom stereocenters.